The van der Waals surface area contributed by atoms with Gasteiger partial charge in [0, 0.05) is 17.2 Å². The Morgan fingerprint density at radius 2 is 2.00 bits per heavy atom. The van der Waals surface area contributed by atoms with Gasteiger partial charge in [0.05, 0.1) is 11.4 Å². The number of hydrogen-bond acceptors (Lipinski definition) is 6. The first-order valence-corrected chi connectivity index (χ1v) is 10.0. The second kappa shape index (κ2) is 10.4. The number of nitrogens with zero attached hydrogens (tertiary/aromatic N) is 2. The summed E-state index contributed by atoms with van der Waals surface area (Å²) in [7, 11) is 1.25. The molecule has 0 spiro atoms. The van der Waals surface area contributed by atoms with E-state index in [0.717, 1.165) is 9.13 Å². The summed E-state index contributed by atoms with van der Waals surface area (Å²) in [6.45, 7) is 7.17. The van der Waals surface area contributed by atoms with Gasteiger partial charge in [-0.15, -0.1) is 0 Å². The zero-order valence-corrected chi connectivity index (χ0v) is 18.9. The quantitative estimate of drug-likeness (QED) is 0.222. The van der Waals surface area contributed by atoms with E-state index in [1.807, 2.05) is 22.6 Å². The predicted molar refractivity (Wildman–Crippen MR) is 118 cm³/mol. The van der Waals surface area contributed by atoms with Gasteiger partial charge in [-0.25, -0.2) is 14.7 Å². The smallest absolute Gasteiger partial charge is 0.332 e. The molecule has 0 radical (unpaired) electrons. The van der Waals surface area contributed by atoms with Crippen LogP contribution in [0.15, 0.2) is 40.1 Å². The molecule has 0 aliphatic carbocycles. The maximum Gasteiger partial charge on any atom is 0.332 e. The van der Waals surface area contributed by atoms with Gasteiger partial charge in [0.1, 0.15) is 30.4 Å². The van der Waals surface area contributed by atoms with Crippen molar-refractivity contribution in [1.29, 1.82) is 0 Å². The third kappa shape index (κ3) is 5.48. The normalized spacial score (nSPS) is 10.6. The topological polar surface area (TPSA) is 104 Å². The molecule has 30 heavy (non-hydrogen) atoms. The first-order chi connectivity index (χ1) is 14.2. The average molecular weight is 532 g/mol. The molecule has 1 aromatic carbocycles. The highest BCUT2D eigenvalue weighted by Crippen LogP contribution is 2.22. The Bertz CT molecular complexity index is 1080. The van der Waals surface area contributed by atoms with Gasteiger partial charge >= 0.3 is 5.69 Å². The summed E-state index contributed by atoms with van der Waals surface area (Å²) >= 11 is 1.95. The van der Waals surface area contributed by atoms with E-state index in [1.165, 1.54) is 19.2 Å². The second-order valence-corrected chi connectivity index (χ2v) is 7.44. The van der Waals surface area contributed by atoms with E-state index in [4.69, 9.17) is 9.57 Å². The van der Waals surface area contributed by atoms with Crippen LogP contribution in [-0.4, -0.2) is 28.3 Å². The monoisotopic (exact) mass is 532 g/mol. The number of amides is 1. The van der Waals surface area contributed by atoms with Gasteiger partial charge in [0.15, 0.2) is 0 Å². The molecule has 162 valence electrons. The summed E-state index contributed by atoms with van der Waals surface area (Å²) in [5.74, 6) is -1.14. The third-order valence-electron chi connectivity index (χ3n) is 3.97. The molecule has 0 atom stereocenters. The van der Waals surface area contributed by atoms with Crippen LogP contribution in [0, 0.1) is 9.39 Å². The number of allylic oxidation sites excluding steroid dienone is 1. The molecule has 2 N–H and O–H groups in total. The highest BCUT2D eigenvalue weighted by atomic mass is 127. The number of halogens is 2. The number of carbonyl (C=O) groups is 1. The van der Waals surface area contributed by atoms with Crippen LogP contribution >= 0.6 is 22.6 Å². The molecule has 0 fully saturated rings. The molecule has 1 heterocycles. The summed E-state index contributed by atoms with van der Waals surface area (Å²) < 4.78 is 22.1. The molecule has 0 saturated heterocycles. The van der Waals surface area contributed by atoms with Crippen molar-refractivity contribution in [2.45, 2.75) is 20.4 Å². The number of benzene rings is 1. The first kappa shape index (κ1) is 23.6. The molecular weight excluding hydrogens is 510 g/mol. The van der Waals surface area contributed by atoms with E-state index in [0.29, 0.717) is 9.33 Å². The summed E-state index contributed by atoms with van der Waals surface area (Å²) in [6.07, 6.45) is 0. The molecule has 9 nitrogen and oxygen atoms in total. The van der Waals surface area contributed by atoms with Crippen molar-refractivity contribution in [2.75, 3.05) is 18.5 Å². The Morgan fingerprint density at radius 3 is 2.60 bits per heavy atom. The maximum absolute atomic E-state index is 14.4. The summed E-state index contributed by atoms with van der Waals surface area (Å²) in [5.41, 5.74) is 0.268. The van der Waals surface area contributed by atoms with Gasteiger partial charge in [-0.2, -0.15) is 0 Å². The third-order valence-corrected chi connectivity index (χ3v) is 4.64. The van der Waals surface area contributed by atoms with E-state index in [-0.39, 0.29) is 31.3 Å². The molecule has 1 amide bonds. The lowest BCUT2D eigenvalue weighted by Crippen LogP contribution is -2.44. The molecule has 0 aliphatic heterocycles. The molecule has 0 unspecified atom stereocenters. The molecule has 2 rings (SSSR count). The lowest BCUT2D eigenvalue weighted by molar-refractivity contribution is 0.0113. The highest BCUT2D eigenvalue weighted by molar-refractivity contribution is 14.1. The fraction of sp³-hybridized carbons (Fsp3) is 0.316. The SMILES string of the molecule is C=C(C)OCCONC(=O)c1c(Nc2ccc(I)cc2F)n(CC)c(=O)n(C)c1=O. The lowest BCUT2D eigenvalue weighted by Gasteiger charge is -2.18. The molecule has 0 bridgehead atoms. The Hall–Kier alpha value is -2.67. The Morgan fingerprint density at radius 1 is 1.30 bits per heavy atom. The van der Waals surface area contributed by atoms with Crippen molar-refractivity contribution in [3.63, 3.8) is 0 Å². The first-order valence-electron chi connectivity index (χ1n) is 8.93. The van der Waals surface area contributed by atoms with Gasteiger partial charge in [-0.1, -0.05) is 6.58 Å². The van der Waals surface area contributed by atoms with E-state index >= 15 is 0 Å². The van der Waals surface area contributed by atoms with Crippen LogP contribution in [0.1, 0.15) is 24.2 Å². The molecule has 2 aromatic rings. The second-order valence-electron chi connectivity index (χ2n) is 6.19. The number of anilines is 2. The predicted octanol–water partition coefficient (Wildman–Crippen LogP) is 2.27. The van der Waals surface area contributed by atoms with Crippen molar-refractivity contribution in [2.24, 2.45) is 7.05 Å². The highest BCUT2D eigenvalue weighted by Gasteiger charge is 2.24. The van der Waals surface area contributed by atoms with Gasteiger partial charge < -0.3 is 10.1 Å². The molecule has 0 saturated carbocycles. The zero-order valence-electron chi connectivity index (χ0n) is 16.8. The van der Waals surface area contributed by atoms with Crippen molar-refractivity contribution in [3.8, 4) is 0 Å². The van der Waals surface area contributed by atoms with Crippen LogP contribution in [0.25, 0.3) is 0 Å². The number of aromatic nitrogens is 2. The molecule has 0 aliphatic rings. The Kier molecular flexibility index (Phi) is 8.17. The summed E-state index contributed by atoms with van der Waals surface area (Å²) in [5, 5.41) is 2.71. The van der Waals surface area contributed by atoms with Crippen LogP contribution in [0.2, 0.25) is 0 Å². The van der Waals surface area contributed by atoms with Crippen molar-refractivity contribution < 1.29 is 18.8 Å². The molecular formula is C19H22FIN4O5. The minimum absolute atomic E-state index is 0.000838. The van der Waals surface area contributed by atoms with Crippen LogP contribution in [-0.2, 0) is 23.2 Å². The minimum Gasteiger partial charge on any atom is -0.496 e. The van der Waals surface area contributed by atoms with E-state index in [2.05, 4.69) is 17.4 Å². The van der Waals surface area contributed by atoms with Crippen molar-refractivity contribution in [3.05, 3.63) is 66.3 Å². The van der Waals surface area contributed by atoms with Crippen LogP contribution < -0.4 is 22.0 Å². The number of carbonyl (C=O) groups excluding carboxylic acids is 1. The summed E-state index contributed by atoms with van der Waals surface area (Å²) in [4.78, 5) is 42.9. The largest absolute Gasteiger partial charge is 0.496 e. The zero-order chi connectivity index (χ0) is 22.4. The molecule has 1 aromatic heterocycles. The van der Waals surface area contributed by atoms with Gasteiger partial charge in [0.2, 0.25) is 0 Å². The van der Waals surface area contributed by atoms with Gasteiger partial charge in [0.25, 0.3) is 11.5 Å². The Balaban J connectivity index is 2.43. The number of hydroxylamine groups is 1. The number of nitrogens with one attached hydrogen (secondary N) is 2. The van der Waals surface area contributed by atoms with Gasteiger partial charge in [-0.05, 0) is 54.6 Å². The average Bonchev–Trinajstić information content (AvgIpc) is 2.68. The van der Waals surface area contributed by atoms with Crippen LogP contribution in [0.5, 0.6) is 0 Å². The standard InChI is InChI=1S/C19H22FIN4O5/c1-5-25-16(22-14-7-6-12(21)10-13(14)20)15(18(27)24(4)19(25)28)17(26)23-30-9-8-29-11(2)3/h6-7,10,22H,2,5,8-9H2,1,3-4H3,(H,23,26). The number of rotatable bonds is 9. The van der Waals surface area contributed by atoms with Crippen molar-refractivity contribution in [1.82, 2.24) is 14.6 Å². The Labute approximate surface area is 185 Å². The van der Waals surface area contributed by atoms with Crippen LogP contribution in [0.4, 0.5) is 15.9 Å². The van der Waals surface area contributed by atoms with Gasteiger partial charge in [-0.3, -0.25) is 23.6 Å². The molecule has 11 heteroatoms. The fourth-order valence-electron chi connectivity index (χ4n) is 2.54. The minimum atomic E-state index is -0.887. The summed E-state index contributed by atoms with van der Waals surface area (Å²) in [6, 6.07) is 4.38. The number of ether oxygens (including phenoxy) is 1. The number of hydrogen-bond donors (Lipinski definition) is 2. The lowest BCUT2D eigenvalue weighted by atomic mass is 10.2. The van der Waals surface area contributed by atoms with Crippen LogP contribution in [0.3, 0.4) is 0 Å². The van der Waals surface area contributed by atoms with Crippen molar-refractivity contribution >= 4 is 40.0 Å². The van der Waals surface area contributed by atoms with E-state index in [1.54, 1.807) is 19.9 Å². The maximum atomic E-state index is 14.4. The van der Waals surface area contributed by atoms with E-state index < -0.39 is 28.5 Å². The fourth-order valence-corrected chi connectivity index (χ4v) is 2.99. The van der Waals surface area contributed by atoms with E-state index in [9.17, 15) is 18.8 Å².